The van der Waals surface area contributed by atoms with Gasteiger partial charge in [0, 0.05) is 23.6 Å². The molecule has 35 heavy (non-hydrogen) atoms. The lowest BCUT2D eigenvalue weighted by Gasteiger charge is -2.22. The summed E-state index contributed by atoms with van der Waals surface area (Å²) in [6, 6.07) is 17.8. The van der Waals surface area contributed by atoms with Gasteiger partial charge in [-0.1, -0.05) is 76.6 Å². The molecule has 1 aliphatic rings. The fraction of sp³-hybridized carbons (Fsp3) is 0.444. The Morgan fingerprint density at radius 2 is 1.63 bits per heavy atom. The molecular formula is C27H42N4O3S. The number of rotatable bonds is 7. The van der Waals surface area contributed by atoms with Crippen LogP contribution in [0.1, 0.15) is 46.1 Å². The summed E-state index contributed by atoms with van der Waals surface area (Å²) in [5.41, 5.74) is 6.72. The third kappa shape index (κ3) is 14.2. The number of hydrogen-bond donors (Lipinski definition) is 3. The van der Waals surface area contributed by atoms with Crippen molar-refractivity contribution in [2.75, 3.05) is 37.3 Å². The molecule has 0 unspecified atom stereocenters. The van der Waals surface area contributed by atoms with E-state index < -0.39 is 0 Å². The van der Waals surface area contributed by atoms with E-state index in [9.17, 15) is 14.4 Å². The molecule has 3 rings (SSSR count). The maximum absolute atomic E-state index is 12.3. The number of likely N-dealkylation sites (N-methyl/N-ethyl adjacent to an activating group) is 1. The molecule has 0 fully saturated rings. The highest BCUT2D eigenvalue weighted by Crippen LogP contribution is 2.33. The van der Waals surface area contributed by atoms with Gasteiger partial charge in [-0.2, -0.15) is 0 Å². The van der Waals surface area contributed by atoms with Crippen LogP contribution in [-0.4, -0.2) is 50.2 Å². The largest absolute Gasteiger partial charge is 0.369 e. The number of primary amides is 1. The number of fused-ring (bicyclic) bond motifs is 1. The number of carbonyl (C=O) groups excluding carboxylic acids is 3. The predicted molar refractivity (Wildman–Crippen MR) is 148 cm³/mol. The maximum Gasteiger partial charge on any atom is 0.240 e. The van der Waals surface area contributed by atoms with E-state index in [2.05, 4.69) is 24.5 Å². The molecule has 7 nitrogen and oxygen atoms in total. The molecule has 3 amide bonds. The van der Waals surface area contributed by atoms with Gasteiger partial charge in [0.05, 0.1) is 12.2 Å². The van der Waals surface area contributed by atoms with E-state index in [1.54, 1.807) is 23.7 Å². The summed E-state index contributed by atoms with van der Waals surface area (Å²) in [4.78, 5) is 37.0. The minimum absolute atomic E-state index is 0.00524. The smallest absolute Gasteiger partial charge is 0.240 e. The second kappa shape index (κ2) is 20.5. The Labute approximate surface area is 215 Å². The van der Waals surface area contributed by atoms with Crippen molar-refractivity contribution in [2.45, 2.75) is 51.9 Å². The van der Waals surface area contributed by atoms with Crippen molar-refractivity contribution in [3.63, 3.8) is 0 Å². The van der Waals surface area contributed by atoms with Crippen LogP contribution in [0.25, 0.3) is 0 Å². The molecule has 0 radical (unpaired) electrons. The summed E-state index contributed by atoms with van der Waals surface area (Å²) < 4.78 is 0. The monoisotopic (exact) mass is 502 g/mol. The van der Waals surface area contributed by atoms with Gasteiger partial charge in [-0.25, -0.2) is 0 Å². The molecule has 1 heterocycles. The van der Waals surface area contributed by atoms with E-state index in [1.807, 2.05) is 68.4 Å². The van der Waals surface area contributed by atoms with E-state index >= 15 is 0 Å². The number of amides is 3. The van der Waals surface area contributed by atoms with Gasteiger partial charge in [-0.05, 0) is 31.2 Å². The number of nitrogens with one attached hydrogen (secondary N) is 2. The van der Waals surface area contributed by atoms with Crippen LogP contribution in [0.3, 0.4) is 0 Å². The van der Waals surface area contributed by atoms with E-state index in [0.29, 0.717) is 13.0 Å². The zero-order valence-corrected chi connectivity index (χ0v) is 22.6. The van der Waals surface area contributed by atoms with E-state index in [0.717, 1.165) is 22.8 Å². The number of carbonyl (C=O) groups is 3. The third-order valence-corrected chi connectivity index (χ3v) is 5.33. The van der Waals surface area contributed by atoms with Gasteiger partial charge in [0.1, 0.15) is 6.54 Å². The minimum atomic E-state index is -0.322. The van der Waals surface area contributed by atoms with Crippen LogP contribution in [0.2, 0.25) is 0 Å². The molecular weight excluding hydrogens is 460 g/mol. The summed E-state index contributed by atoms with van der Waals surface area (Å²) in [7, 11) is 1.67. The Kier molecular flexibility index (Phi) is 18.9. The highest BCUT2D eigenvalue weighted by molar-refractivity contribution is 7.99. The Balaban J connectivity index is 0.000000894. The Hall–Kier alpha value is -2.84. The molecule has 0 aliphatic carbocycles. The van der Waals surface area contributed by atoms with Crippen molar-refractivity contribution in [1.29, 1.82) is 0 Å². The number of benzene rings is 2. The van der Waals surface area contributed by atoms with Gasteiger partial charge in [0.2, 0.25) is 17.7 Å². The molecule has 2 aromatic rings. The number of nitrogens with two attached hydrogens (primary N) is 1. The standard InChI is InChI=1S/C19H20N2O2S.C3H8N2O.C3H8.C2H6/c22-18(20-12-10-15-6-2-1-3-7-15)14-21-16-8-4-5-9-17(16)24-13-11-19(21)23;1-5-2-3(4)6;1-3-2;1-2/h1-9H,10-14H2,(H,20,22);5H,2H2,1H3,(H2,4,6);3H2,1-2H3;1-2H3. The van der Waals surface area contributed by atoms with Gasteiger partial charge >= 0.3 is 0 Å². The third-order valence-electron chi connectivity index (χ3n) is 4.26. The average molecular weight is 503 g/mol. The van der Waals surface area contributed by atoms with Gasteiger partial charge in [0.25, 0.3) is 0 Å². The topological polar surface area (TPSA) is 105 Å². The lowest BCUT2D eigenvalue weighted by atomic mass is 10.1. The quantitative estimate of drug-likeness (QED) is 0.531. The van der Waals surface area contributed by atoms with Crippen LogP contribution in [0, 0.1) is 0 Å². The number of nitrogens with zero attached hydrogens (tertiary/aromatic N) is 1. The highest BCUT2D eigenvalue weighted by atomic mass is 32.2. The van der Waals surface area contributed by atoms with Gasteiger partial charge in [-0.3, -0.25) is 14.4 Å². The molecule has 0 saturated heterocycles. The predicted octanol–water partition coefficient (Wildman–Crippen LogP) is 4.01. The van der Waals surface area contributed by atoms with E-state index in [1.165, 1.54) is 12.0 Å². The van der Waals surface area contributed by atoms with Crippen LogP contribution in [0.15, 0.2) is 59.5 Å². The molecule has 194 valence electrons. The second-order valence-electron chi connectivity index (χ2n) is 7.34. The molecule has 1 aliphatic heterocycles. The zero-order chi connectivity index (χ0) is 26.5. The molecule has 0 aromatic heterocycles. The summed E-state index contributed by atoms with van der Waals surface area (Å²) in [6.07, 6.45) is 2.49. The fourth-order valence-corrected chi connectivity index (χ4v) is 3.86. The van der Waals surface area contributed by atoms with Crippen LogP contribution >= 0.6 is 11.8 Å². The number of anilines is 1. The van der Waals surface area contributed by atoms with Crippen LogP contribution in [0.5, 0.6) is 0 Å². The molecule has 0 bridgehead atoms. The molecule has 8 heteroatoms. The normalized spacial score (nSPS) is 11.7. The van der Waals surface area contributed by atoms with Crippen molar-refractivity contribution in [2.24, 2.45) is 5.73 Å². The van der Waals surface area contributed by atoms with E-state index in [4.69, 9.17) is 5.73 Å². The van der Waals surface area contributed by atoms with Crippen molar-refractivity contribution >= 4 is 35.2 Å². The molecule has 4 N–H and O–H groups in total. The minimum Gasteiger partial charge on any atom is -0.369 e. The summed E-state index contributed by atoms with van der Waals surface area (Å²) >= 11 is 1.67. The summed E-state index contributed by atoms with van der Waals surface area (Å²) in [5.74, 6) is 0.311. The van der Waals surface area contributed by atoms with Crippen molar-refractivity contribution in [3.05, 3.63) is 60.2 Å². The van der Waals surface area contributed by atoms with Crippen molar-refractivity contribution < 1.29 is 14.4 Å². The Morgan fingerprint density at radius 1 is 1.03 bits per heavy atom. The van der Waals surface area contributed by atoms with Gasteiger partial charge in [-0.15, -0.1) is 11.8 Å². The van der Waals surface area contributed by atoms with Crippen LogP contribution in [0.4, 0.5) is 5.69 Å². The lowest BCUT2D eigenvalue weighted by Crippen LogP contribution is -2.41. The molecule has 0 saturated carbocycles. The van der Waals surface area contributed by atoms with Crippen molar-refractivity contribution in [3.8, 4) is 0 Å². The molecule has 2 aromatic carbocycles. The SMILES string of the molecule is CC.CCC.CNCC(N)=O.O=C(CN1C(=O)CCSc2ccccc21)NCCc1ccccc1. The van der Waals surface area contributed by atoms with Crippen molar-refractivity contribution in [1.82, 2.24) is 10.6 Å². The summed E-state index contributed by atoms with van der Waals surface area (Å²) in [6.45, 7) is 9.16. The average Bonchev–Trinajstić information content (AvgIpc) is 3.00. The molecule has 0 spiro atoms. The van der Waals surface area contributed by atoms with E-state index in [-0.39, 0.29) is 30.8 Å². The number of para-hydroxylation sites is 1. The van der Waals surface area contributed by atoms with Gasteiger partial charge in [0.15, 0.2) is 0 Å². The number of thioether (sulfide) groups is 1. The van der Waals surface area contributed by atoms with Crippen LogP contribution < -0.4 is 21.3 Å². The first-order valence-corrected chi connectivity index (χ1v) is 13.2. The van der Waals surface area contributed by atoms with Crippen LogP contribution in [-0.2, 0) is 20.8 Å². The lowest BCUT2D eigenvalue weighted by molar-refractivity contribution is -0.123. The maximum atomic E-state index is 12.3. The van der Waals surface area contributed by atoms with Gasteiger partial charge < -0.3 is 21.3 Å². The first kappa shape index (κ1) is 32.2. The summed E-state index contributed by atoms with van der Waals surface area (Å²) in [5, 5.41) is 5.50. The highest BCUT2D eigenvalue weighted by Gasteiger charge is 2.24. The Morgan fingerprint density at radius 3 is 2.20 bits per heavy atom. The second-order valence-corrected chi connectivity index (χ2v) is 8.47. The zero-order valence-electron chi connectivity index (χ0n) is 21.8. The first-order chi connectivity index (χ1) is 16.9. The fourth-order valence-electron chi connectivity index (χ4n) is 2.86. The Bertz CT molecular complexity index is 863. The first-order valence-electron chi connectivity index (χ1n) is 12.2. The number of hydrogen-bond acceptors (Lipinski definition) is 5. The molecule has 0 atom stereocenters.